The zero-order chi connectivity index (χ0) is 30.4. The predicted molar refractivity (Wildman–Crippen MR) is 165 cm³/mol. The number of ether oxygens (including phenoxy) is 3. The van der Waals surface area contributed by atoms with Crippen molar-refractivity contribution in [3.8, 4) is 0 Å². The van der Waals surface area contributed by atoms with E-state index in [4.69, 9.17) is 24.5 Å². The minimum Gasteiger partial charge on any atom is -0.382 e. The van der Waals surface area contributed by atoms with Gasteiger partial charge in [-0.1, -0.05) is 90.4 Å². The van der Waals surface area contributed by atoms with E-state index in [0.717, 1.165) is 25.9 Å². The summed E-state index contributed by atoms with van der Waals surface area (Å²) in [6.45, 7) is 7.93. The standard InChI is InChI=1S/C30H54N5O6P/c1-5-6-7-8-9-10-11-12-13-14-15-16-17-18-19-40-30(35-23-34-26-28(31)32-22-33-29(26)35)21-39-25(20-38-24(2)3)27(30)41-42(4,36)37/h22-25,27H,5-21H2,1-4H3,(H,36,37)(H2,31,32,33)/t25-,27+,30+/m1/s1. The van der Waals surface area contributed by atoms with Crippen LogP contribution in [0, 0.1) is 0 Å². The highest BCUT2D eigenvalue weighted by molar-refractivity contribution is 7.51. The van der Waals surface area contributed by atoms with Gasteiger partial charge in [0.05, 0.1) is 25.6 Å². The van der Waals surface area contributed by atoms with Crippen molar-refractivity contribution in [2.75, 3.05) is 32.2 Å². The molecule has 11 nitrogen and oxygen atoms in total. The molecule has 3 N–H and O–H groups in total. The fraction of sp³-hybridized carbons (Fsp3) is 0.833. The number of imidazole rings is 1. The number of nitrogen functional groups attached to an aromatic ring is 1. The molecule has 2 aromatic heterocycles. The maximum Gasteiger partial charge on any atom is 0.325 e. The molecule has 3 rings (SSSR count). The normalized spacial score (nSPS) is 22.3. The molecule has 0 saturated carbocycles. The van der Waals surface area contributed by atoms with Crippen LogP contribution < -0.4 is 5.73 Å². The Morgan fingerprint density at radius 3 is 2.19 bits per heavy atom. The minimum absolute atomic E-state index is 0.0510. The number of anilines is 1. The lowest BCUT2D eigenvalue weighted by molar-refractivity contribution is -0.153. The van der Waals surface area contributed by atoms with Gasteiger partial charge in [0.25, 0.3) is 0 Å². The van der Waals surface area contributed by atoms with E-state index in [0.29, 0.717) is 17.8 Å². The van der Waals surface area contributed by atoms with E-state index in [1.807, 2.05) is 13.8 Å². The molecule has 1 saturated heterocycles. The number of fused-ring (bicyclic) bond motifs is 1. The van der Waals surface area contributed by atoms with Gasteiger partial charge in [-0.2, -0.15) is 0 Å². The summed E-state index contributed by atoms with van der Waals surface area (Å²) in [5.41, 5.74) is 5.63. The summed E-state index contributed by atoms with van der Waals surface area (Å²) >= 11 is 0. The van der Waals surface area contributed by atoms with Crippen molar-refractivity contribution in [1.29, 1.82) is 0 Å². The lowest BCUT2D eigenvalue weighted by Crippen LogP contribution is -2.50. The monoisotopic (exact) mass is 611 g/mol. The summed E-state index contributed by atoms with van der Waals surface area (Å²) < 4.78 is 38.6. The van der Waals surface area contributed by atoms with Gasteiger partial charge in [-0.3, -0.25) is 13.7 Å². The largest absolute Gasteiger partial charge is 0.382 e. The van der Waals surface area contributed by atoms with Gasteiger partial charge < -0.3 is 24.8 Å². The van der Waals surface area contributed by atoms with E-state index < -0.39 is 25.5 Å². The van der Waals surface area contributed by atoms with Crippen molar-refractivity contribution in [2.45, 2.75) is 135 Å². The number of hydrogen-bond donors (Lipinski definition) is 2. The fourth-order valence-electron chi connectivity index (χ4n) is 5.55. The summed E-state index contributed by atoms with van der Waals surface area (Å²) in [4.78, 5) is 23.1. The quantitative estimate of drug-likeness (QED) is 0.111. The van der Waals surface area contributed by atoms with Gasteiger partial charge in [0.2, 0.25) is 5.72 Å². The first-order valence-corrected chi connectivity index (χ1v) is 18.0. The Morgan fingerprint density at radius 1 is 1.02 bits per heavy atom. The van der Waals surface area contributed by atoms with Gasteiger partial charge in [0.1, 0.15) is 24.1 Å². The minimum atomic E-state index is -3.93. The third-order valence-corrected chi connectivity index (χ3v) is 8.43. The maximum atomic E-state index is 12.6. The Bertz CT molecular complexity index is 1100. The molecule has 1 fully saturated rings. The Hall–Kier alpha value is -1.62. The summed E-state index contributed by atoms with van der Waals surface area (Å²) in [5.74, 6) is 0.236. The van der Waals surface area contributed by atoms with E-state index >= 15 is 0 Å². The molecule has 4 atom stereocenters. The Morgan fingerprint density at radius 2 is 1.62 bits per heavy atom. The zero-order valence-electron chi connectivity index (χ0n) is 26.2. The molecule has 2 aromatic rings. The number of rotatable bonds is 22. The topological polar surface area (TPSA) is 144 Å². The average molecular weight is 612 g/mol. The van der Waals surface area contributed by atoms with E-state index in [1.54, 1.807) is 10.9 Å². The van der Waals surface area contributed by atoms with Crippen molar-refractivity contribution in [3.05, 3.63) is 12.7 Å². The lowest BCUT2D eigenvalue weighted by Gasteiger charge is -2.36. The maximum absolute atomic E-state index is 12.6. The molecule has 0 aromatic carbocycles. The molecule has 1 aliphatic rings. The van der Waals surface area contributed by atoms with Crippen LogP contribution in [0.1, 0.15) is 111 Å². The highest BCUT2D eigenvalue weighted by atomic mass is 31.2. The highest BCUT2D eigenvalue weighted by Gasteiger charge is 2.56. The average Bonchev–Trinajstić information content (AvgIpc) is 3.52. The van der Waals surface area contributed by atoms with Gasteiger partial charge in [-0.05, 0) is 20.3 Å². The van der Waals surface area contributed by atoms with Gasteiger partial charge in [-0.15, -0.1) is 0 Å². The third-order valence-electron chi connectivity index (χ3n) is 7.81. The molecular formula is C30H54N5O6P. The number of aromatic nitrogens is 4. The molecule has 0 amide bonds. The van der Waals surface area contributed by atoms with Crippen LogP contribution in [0.3, 0.4) is 0 Å². The van der Waals surface area contributed by atoms with Crippen molar-refractivity contribution >= 4 is 24.6 Å². The molecule has 3 heterocycles. The van der Waals surface area contributed by atoms with Crippen molar-refractivity contribution in [1.82, 2.24) is 19.5 Å². The van der Waals surface area contributed by atoms with Crippen LogP contribution in [-0.4, -0.2) is 69.2 Å². The van der Waals surface area contributed by atoms with Crippen molar-refractivity contribution in [2.24, 2.45) is 0 Å². The van der Waals surface area contributed by atoms with Crippen LogP contribution in [0.4, 0.5) is 5.82 Å². The Balaban J connectivity index is 1.57. The predicted octanol–water partition coefficient (Wildman–Crippen LogP) is 6.58. The SMILES string of the molecule is CCCCCCCCCCCCCCCCO[C@@]1(n2cnc3c(N)ncnc32)CO[C@H](COC(C)C)[C@@H]1OP(C)(=O)O. The second kappa shape index (κ2) is 17.6. The second-order valence-electron chi connectivity index (χ2n) is 11.9. The van der Waals surface area contributed by atoms with Crippen LogP contribution in [0.15, 0.2) is 12.7 Å². The van der Waals surface area contributed by atoms with Gasteiger partial charge in [0, 0.05) is 13.3 Å². The fourth-order valence-corrected chi connectivity index (χ4v) is 6.27. The first-order chi connectivity index (χ1) is 20.2. The molecule has 0 aliphatic carbocycles. The van der Waals surface area contributed by atoms with Crippen LogP contribution in [0.5, 0.6) is 0 Å². The van der Waals surface area contributed by atoms with E-state index in [9.17, 15) is 9.46 Å². The summed E-state index contributed by atoms with van der Waals surface area (Å²) in [5, 5.41) is 0. The molecule has 42 heavy (non-hydrogen) atoms. The summed E-state index contributed by atoms with van der Waals surface area (Å²) in [6, 6.07) is 0. The molecule has 0 bridgehead atoms. The third kappa shape index (κ3) is 10.5. The van der Waals surface area contributed by atoms with E-state index in [-0.39, 0.29) is 25.1 Å². The molecule has 12 heteroatoms. The van der Waals surface area contributed by atoms with Crippen LogP contribution >= 0.6 is 7.60 Å². The Labute approximate surface area is 251 Å². The van der Waals surface area contributed by atoms with Gasteiger partial charge in [0.15, 0.2) is 11.5 Å². The molecule has 0 radical (unpaired) electrons. The number of hydrogen-bond acceptors (Lipinski definition) is 9. The van der Waals surface area contributed by atoms with E-state index in [2.05, 4.69) is 21.9 Å². The number of nitrogens with zero attached hydrogens (tertiary/aromatic N) is 4. The number of unbranched alkanes of at least 4 members (excludes halogenated alkanes) is 13. The molecular weight excluding hydrogens is 557 g/mol. The molecule has 240 valence electrons. The van der Waals surface area contributed by atoms with Gasteiger partial charge in [-0.25, -0.2) is 15.0 Å². The first kappa shape index (κ1) is 34.9. The first-order valence-electron chi connectivity index (χ1n) is 16.0. The van der Waals surface area contributed by atoms with Crippen molar-refractivity contribution < 1.29 is 28.2 Å². The summed E-state index contributed by atoms with van der Waals surface area (Å²) in [7, 11) is -3.93. The smallest absolute Gasteiger partial charge is 0.325 e. The van der Waals surface area contributed by atoms with Crippen LogP contribution in [0.25, 0.3) is 11.2 Å². The number of nitrogens with two attached hydrogens (primary N) is 1. The second-order valence-corrected chi connectivity index (χ2v) is 13.7. The molecule has 1 aliphatic heterocycles. The van der Waals surface area contributed by atoms with Crippen LogP contribution in [-0.2, 0) is 29.0 Å². The lowest BCUT2D eigenvalue weighted by atomic mass is 10.0. The highest BCUT2D eigenvalue weighted by Crippen LogP contribution is 2.47. The van der Waals surface area contributed by atoms with E-state index in [1.165, 1.54) is 77.0 Å². The summed E-state index contributed by atoms with van der Waals surface area (Å²) in [6.07, 6.45) is 19.0. The van der Waals surface area contributed by atoms with Gasteiger partial charge >= 0.3 is 7.60 Å². The van der Waals surface area contributed by atoms with Crippen LogP contribution in [0.2, 0.25) is 0 Å². The molecule has 0 spiro atoms. The Kier molecular flexibility index (Phi) is 14.6. The molecule has 1 unspecified atom stereocenters. The zero-order valence-corrected chi connectivity index (χ0v) is 27.1. The van der Waals surface area contributed by atoms with Crippen molar-refractivity contribution in [3.63, 3.8) is 0 Å².